The second-order valence-electron chi connectivity index (χ2n) is 4.75. The molecular weight excluding hydrogens is 244 g/mol. The molecule has 0 radical (unpaired) electrons. The maximum atomic E-state index is 11.8. The molecule has 0 bridgehead atoms. The Morgan fingerprint density at radius 1 is 1.11 bits per heavy atom. The van der Waals surface area contributed by atoms with E-state index in [1.54, 1.807) is 4.57 Å². The molecule has 6 nitrogen and oxygen atoms in total. The fraction of sp³-hybridized carbons (Fsp3) is 0.615. The molecule has 2 aromatic rings. The Bertz CT molecular complexity index is 665. The van der Waals surface area contributed by atoms with Crippen LogP contribution in [-0.2, 0) is 13.0 Å². The van der Waals surface area contributed by atoms with E-state index in [1.807, 2.05) is 0 Å². The minimum Gasteiger partial charge on any atom is -0.336 e. The van der Waals surface area contributed by atoms with E-state index in [9.17, 15) is 9.59 Å². The van der Waals surface area contributed by atoms with Crippen LogP contribution >= 0.6 is 0 Å². The summed E-state index contributed by atoms with van der Waals surface area (Å²) in [4.78, 5) is 33.4. The number of nitrogens with one attached hydrogen (secondary N) is 2. The number of imidazole rings is 1. The molecule has 0 atom stereocenters. The second kappa shape index (κ2) is 5.86. The molecule has 0 unspecified atom stereocenters. The molecule has 0 aliphatic carbocycles. The van der Waals surface area contributed by atoms with Gasteiger partial charge in [0.25, 0.3) is 5.56 Å². The maximum Gasteiger partial charge on any atom is 0.330 e. The van der Waals surface area contributed by atoms with Crippen LogP contribution < -0.4 is 11.2 Å². The van der Waals surface area contributed by atoms with Crippen molar-refractivity contribution in [3.8, 4) is 0 Å². The zero-order valence-electron chi connectivity index (χ0n) is 11.5. The Morgan fingerprint density at radius 3 is 2.53 bits per heavy atom. The van der Waals surface area contributed by atoms with Crippen molar-refractivity contribution < 1.29 is 0 Å². The van der Waals surface area contributed by atoms with Crippen molar-refractivity contribution in [3.63, 3.8) is 0 Å². The summed E-state index contributed by atoms with van der Waals surface area (Å²) in [6.45, 7) is 4.75. The van der Waals surface area contributed by atoms with Gasteiger partial charge in [-0.05, 0) is 12.8 Å². The Hall–Kier alpha value is -1.85. The van der Waals surface area contributed by atoms with E-state index >= 15 is 0 Å². The molecule has 6 heteroatoms. The number of H-pyrrole nitrogens is 2. The summed E-state index contributed by atoms with van der Waals surface area (Å²) < 4.78 is 1.55. The second-order valence-corrected chi connectivity index (χ2v) is 4.75. The molecule has 0 aliphatic rings. The van der Waals surface area contributed by atoms with Crippen molar-refractivity contribution >= 4 is 11.2 Å². The van der Waals surface area contributed by atoms with Gasteiger partial charge in [-0.15, -0.1) is 0 Å². The SMILES string of the molecule is CCCCc1nc2c([nH]1)c(=O)[nH]c(=O)n2CCCC. The van der Waals surface area contributed by atoms with Crippen molar-refractivity contribution in [2.24, 2.45) is 0 Å². The number of fused-ring (bicyclic) bond motifs is 1. The van der Waals surface area contributed by atoms with Crippen molar-refractivity contribution in [3.05, 3.63) is 26.7 Å². The quantitative estimate of drug-likeness (QED) is 0.830. The first kappa shape index (κ1) is 13.6. The first-order valence-corrected chi connectivity index (χ1v) is 6.89. The molecular formula is C13H20N4O2. The molecule has 2 rings (SSSR count). The van der Waals surface area contributed by atoms with Crippen LogP contribution in [0, 0.1) is 0 Å². The van der Waals surface area contributed by atoms with E-state index in [-0.39, 0.29) is 11.2 Å². The molecule has 0 aliphatic heterocycles. The lowest BCUT2D eigenvalue weighted by Gasteiger charge is -2.03. The highest BCUT2D eigenvalue weighted by atomic mass is 16.2. The fourth-order valence-corrected chi connectivity index (χ4v) is 2.08. The number of rotatable bonds is 6. The van der Waals surface area contributed by atoms with Crippen molar-refractivity contribution in [2.75, 3.05) is 0 Å². The highest BCUT2D eigenvalue weighted by Crippen LogP contribution is 2.08. The summed E-state index contributed by atoms with van der Waals surface area (Å²) in [6, 6.07) is 0. The van der Waals surface area contributed by atoms with Gasteiger partial charge in [-0.1, -0.05) is 26.7 Å². The number of aryl methyl sites for hydroxylation is 2. The Morgan fingerprint density at radius 2 is 1.84 bits per heavy atom. The average molecular weight is 264 g/mol. The van der Waals surface area contributed by atoms with E-state index in [0.29, 0.717) is 17.7 Å². The fourth-order valence-electron chi connectivity index (χ4n) is 2.08. The third kappa shape index (κ3) is 2.77. The number of aromatic nitrogens is 4. The lowest BCUT2D eigenvalue weighted by atomic mass is 10.2. The largest absolute Gasteiger partial charge is 0.336 e. The predicted octanol–water partition coefficient (Wildman–Crippen LogP) is 1.56. The average Bonchev–Trinajstić information content (AvgIpc) is 2.80. The zero-order chi connectivity index (χ0) is 13.8. The smallest absolute Gasteiger partial charge is 0.330 e. The van der Waals surface area contributed by atoms with E-state index in [0.717, 1.165) is 37.9 Å². The van der Waals surface area contributed by atoms with Gasteiger partial charge < -0.3 is 4.98 Å². The minimum absolute atomic E-state index is 0.375. The summed E-state index contributed by atoms with van der Waals surface area (Å²) in [5.41, 5.74) is 0.123. The number of hydrogen-bond donors (Lipinski definition) is 2. The first-order valence-electron chi connectivity index (χ1n) is 6.89. The Kier molecular flexibility index (Phi) is 4.19. The lowest BCUT2D eigenvalue weighted by molar-refractivity contribution is 0.613. The molecule has 0 amide bonds. The Balaban J connectivity index is 2.51. The van der Waals surface area contributed by atoms with Crippen LogP contribution in [0.1, 0.15) is 45.4 Å². The third-order valence-electron chi connectivity index (χ3n) is 3.18. The monoisotopic (exact) mass is 264 g/mol. The van der Waals surface area contributed by atoms with Crippen molar-refractivity contribution in [1.82, 2.24) is 19.5 Å². The van der Waals surface area contributed by atoms with Crippen molar-refractivity contribution in [2.45, 2.75) is 52.5 Å². The molecule has 2 aromatic heterocycles. The molecule has 19 heavy (non-hydrogen) atoms. The Labute approximate surface area is 110 Å². The number of nitrogens with zero attached hydrogens (tertiary/aromatic N) is 2. The van der Waals surface area contributed by atoms with Crippen LogP contribution in [0.4, 0.5) is 0 Å². The van der Waals surface area contributed by atoms with Crippen LogP contribution in [0.15, 0.2) is 9.59 Å². The predicted molar refractivity (Wildman–Crippen MR) is 74.5 cm³/mol. The van der Waals surface area contributed by atoms with Crippen molar-refractivity contribution in [1.29, 1.82) is 0 Å². The third-order valence-corrected chi connectivity index (χ3v) is 3.18. The molecule has 0 saturated carbocycles. The molecule has 0 aromatic carbocycles. The van der Waals surface area contributed by atoms with Gasteiger partial charge in [-0.2, -0.15) is 0 Å². The summed E-state index contributed by atoms with van der Waals surface area (Å²) >= 11 is 0. The highest BCUT2D eigenvalue weighted by molar-refractivity contribution is 5.69. The summed E-state index contributed by atoms with van der Waals surface area (Å²) in [5, 5.41) is 0. The van der Waals surface area contributed by atoms with Crippen LogP contribution in [-0.4, -0.2) is 19.5 Å². The zero-order valence-corrected chi connectivity index (χ0v) is 11.5. The van der Waals surface area contributed by atoms with Gasteiger partial charge in [0.15, 0.2) is 5.65 Å². The lowest BCUT2D eigenvalue weighted by Crippen LogP contribution is -2.30. The van der Waals surface area contributed by atoms with E-state index < -0.39 is 0 Å². The van der Waals surface area contributed by atoms with Crippen LogP contribution in [0.3, 0.4) is 0 Å². The summed E-state index contributed by atoms with van der Waals surface area (Å²) in [7, 11) is 0. The molecule has 0 saturated heterocycles. The van der Waals surface area contributed by atoms with E-state index in [1.165, 1.54) is 0 Å². The van der Waals surface area contributed by atoms with Gasteiger partial charge in [-0.3, -0.25) is 14.3 Å². The van der Waals surface area contributed by atoms with Gasteiger partial charge in [0.2, 0.25) is 0 Å². The van der Waals surface area contributed by atoms with Crippen LogP contribution in [0.25, 0.3) is 11.2 Å². The van der Waals surface area contributed by atoms with Gasteiger partial charge in [0.1, 0.15) is 11.3 Å². The van der Waals surface area contributed by atoms with E-state index in [2.05, 4.69) is 28.8 Å². The van der Waals surface area contributed by atoms with Crippen LogP contribution in [0.5, 0.6) is 0 Å². The minimum atomic E-state index is -0.386. The maximum absolute atomic E-state index is 11.8. The number of aromatic amines is 2. The van der Waals surface area contributed by atoms with Crippen LogP contribution in [0.2, 0.25) is 0 Å². The van der Waals surface area contributed by atoms with Gasteiger partial charge >= 0.3 is 5.69 Å². The normalized spacial score (nSPS) is 11.3. The summed E-state index contributed by atoms with van der Waals surface area (Å²) in [6.07, 6.45) is 4.75. The molecule has 2 N–H and O–H groups in total. The first-order chi connectivity index (χ1) is 9.17. The number of unbranched alkanes of at least 4 members (excludes halogenated alkanes) is 2. The molecule has 0 spiro atoms. The van der Waals surface area contributed by atoms with Gasteiger partial charge in [0.05, 0.1) is 0 Å². The summed E-state index contributed by atoms with van der Waals surface area (Å²) in [5.74, 6) is 0.776. The molecule has 2 heterocycles. The molecule has 0 fully saturated rings. The molecule has 104 valence electrons. The van der Waals surface area contributed by atoms with Gasteiger partial charge in [0, 0.05) is 13.0 Å². The standard InChI is InChI=1S/C13H20N4O2/c1-3-5-7-9-14-10-11(15-9)17(8-6-4-2)13(19)16-12(10)18/h3-8H2,1-2H3,(H,14,15)(H,16,18,19). The number of hydrogen-bond acceptors (Lipinski definition) is 3. The van der Waals surface area contributed by atoms with E-state index in [4.69, 9.17) is 0 Å². The topological polar surface area (TPSA) is 83.5 Å². The highest BCUT2D eigenvalue weighted by Gasteiger charge is 2.12. The van der Waals surface area contributed by atoms with Gasteiger partial charge in [-0.25, -0.2) is 9.78 Å².